The Hall–Kier alpha value is -2.55. The summed E-state index contributed by atoms with van der Waals surface area (Å²) in [5.41, 5.74) is 3.44. The van der Waals surface area contributed by atoms with Crippen LogP contribution in [0.5, 0.6) is 0 Å². The standard InChI is InChI=1S/C17H22N6/c1-12-7-16(14(9-18)10-19-12)20-15-5-4-6-23(11-15)17-8-13(2)21-22(17)3/h7-8,10,15H,4-6,11H2,1-3H3,(H,19,20). The summed E-state index contributed by atoms with van der Waals surface area (Å²) in [7, 11) is 1.99. The molecule has 2 aromatic rings. The van der Waals surface area contributed by atoms with Crippen molar-refractivity contribution in [3.05, 3.63) is 35.3 Å². The van der Waals surface area contributed by atoms with Crippen LogP contribution < -0.4 is 10.2 Å². The van der Waals surface area contributed by atoms with Crippen molar-refractivity contribution in [2.75, 3.05) is 23.3 Å². The minimum Gasteiger partial charge on any atom is -0.379 e. The van der Waals surface area contributed by atoms with Gasteiger partial charge in [0.25, 0.3) is 0 Å². The fraction of sp³-hybridized carbons (Fsp3) is 0.471. The van der Waals surface area contributed by atoms with Gasteiger partial charge >= 0.3 is 0 Å². The molecule has 1 N–H and O–H groups in total. The maximum atomic E-state index is 9.26. The molecule has 1 saturated heterocycles. The number of aryl methyl sites for hydroxylation is 3. The van der Waals surface area contributed by atoms with Crippen molar-refractivity contribution in [2.45, 2.75) is 32.7 Å². The number of rotatable bonds is 3. The number of anilines is 2. The minimum atomic E-state index is 0.313. The zero-order valence-electron chi connectivity index (χ0n) is 13.9. The Bertz CT molecular complexity index is 742. The maximum Gasteiger partial charge on any atom is 0.126 e. The van der Waals surface area contributed by atoms with E-state index in [1.807, 2.05) is 31.6 Å². The van der Waals surface area contributed by atoms with Gasteiger partial charge in [-0.2, -0.15) is 10.4 Å². The zero-order chi connectivity index (χ0) is 16.4. The smallest absolute Gasteiger partial charge is 0.126 e. The zero-order valence-corrected chi connectivity index (χ0v) is 13.9. The average Bonchev–Trinajstić information content (AvgIpc) is 2.86. The predicted octanol–water partition coefficient (Wildman–Crippen LogP) is 2.38. The summed E-state index contributed by atoms with van der Waals surface area (Å²) in [5.74, 6) is 1.15. The number of hydrogen-bond donors (Lipinski definition) is 1. The number of pyridine rings is 1. The van der Waals surface area contributed by atoms with Gasteiger partial charge in [0.15, 0.2) is 0 Å². The number of hydrogen-bond acceptors (Lipinski definition) is 5. The second kappa shape index (κ2) is 6.29. The fourth-order valence-corrected chi connectivity index (χ4v) is 3.18. The summed E-state index contributed by atoms with van der Waals surface area (Å²) in [6.45, 7) is 5.91. The van der Waals surface area contributed by atoms with E-state index in [0.717, 1.165) is 48.8 Å². The second-order valence-corrected chi connectivity index (χ2v) is 6.18. The first-order valence-corrected chi connectivity index (χ1v) is 7.95. The number of piperidine rings is 1. The Balaban J connectivity index is 1.76. The van der Waals surface area contributed by atoms with E-state index in [-0.39, 0.29) is 0 Å². The SMILES string of the molecule is Cc1cc(NC2CCCN(c3cc(C)nn3C)C2)c(C#N)cn1. The molecule has 0 radical (unpaired) electrons. The quantitative estimate of drug-likeness (QED) is 0.942. The summed E-state index contributed by atoms with van der Waals surface area (Å²) in [5, 5.41) is 17.2. The normalized spacial score (nSPS) is 17.8. The van der Waals surface area contributed by atoms with Crippen LogP contribution in [0.15, 0.2) is 18.3 Å². The lowest BCUT2D eigenvalue weighted by Crippen LogP contribution is -2.43. The highest BCUT2D eigenvalue weighted by atomic mass is 15.4. The van der Waals surface area contributed by atoms with Gasteiger partial charge < -0.3 is 10.2 Å². The van der Waals surface area contributed by atoms with Crippen LogP contribution in [0.4, 0.5) is 11.5 Å². The van der Waals surface area contributed by atoms with E-state index in [4.69, 9.17) is 0 Å². The molecule has 0 spiro atoms. The Morgan fingerprint density at radius 1 is 1.30 bits per heavy atom. The van der Waals surface area contributed by atoms with Gasteiger partial charge in [-0.15, -0.1) is 0 Å². The summed E-state index contributed by atoms with van der Waals surface area (Å²) in [6, 6.07) is 6.60. The van der Waals surface area contributed by atoms with Gasteiger partial charge in [-0.3, -0.25) is 9.67 Å². The molecule has 1 unspecified atom stereocenters. The lowest BCUT2D eigenvalue weighted by molar-refractivity contribution is 0.518. The molecule has 0 amide bonds. The van der Waals surface area contributed by atoms with E-state index in [1.165, 1.54) is 0 Å². The molecular weight excluding hydrogens is 288 g/mol. The summed E-state index contributed by atoms with van der Waals surface area (Å²) in [6.07, 6.45) is 3.86. The van der Waals surface area contributed by atoms with Gasteiger partial charge in [0, 0.05) is 44.1 Å². The van der Waals surface area contributed by atoms with Crippen LogP contribution in [0.25, 0.3) is 0 Å². The monoisotopic (exact) mass is 310 g/mol. The molecule has 3 rings (SSSR count). The summed E-state index contributed by atoms with van der Waals surface area (Å²) >= 11 is 0. The Labute approximate surface area is 136 Å². The number of nitriles is 1. The van der Waals surface area contributed by atoms with E-state index < -0.39 is 0 Å². The molecule has 0 bridgehead atoms. The van der Waals surface area contributed by atoms with Crippen molar-refractivity contribution in [2.24, 2.45) is 7.05 Å². The first kappa shape index (κ1) is 15.3. The van der Waals surface area contributed by atoms with Crippen molar-refractivity contribution < 1.29 is 0 Å². The van der Waals surface area contributed by atoms with E-state index in [0.29, 0.717) is 11.6 Å². The molecule has 1 aliphatic rings. The molecule has 1 atom stereocenters. The average molecular weight is 310 g/mol. The largest absolute Gasteiger partial charge is 0.379 e. The van der Waals surface area contributed by atoms with Crippen LogP contribution in [0.2, 0.25) is 0 Å². The van der Waals surface area contributed by atoms with Crippen molar-refractivity contribution in [3.63, 3.8) is 0 Å². The third-order valence-corrected chi connectivity index (χ3v) is 4.24. The Morgan fingerprint density at radius 2 is 2.13 bits per heavy atom. The van der Waals surface area contributed by atoms with E-state index in [9.17, 15) is 5.26 Å². The third-order valence-electron chi connectivity index (χ3n) is 4.24. The van der Waals surface area contributed by atoms with Gasteiger partial charge in [0.05, 0.1) is 16.9 Å². The van der Waals surface area contributed by atoms with Gasteiger partial charge in [-0.1, -0.05) is 0 Å². The van der Waals surface area contributed by atoms with Gasteiger partial charge in [-0.05, 0) is 32.8 Å². The lowest BCUT2D eigenvalue weighted by Gasteiger charge is -2.35. The number of nitrogens with one attached hydrogen (secondary N) is 1. The molecule has 0 aromatic carbocycles. The Kier molecular flexibility index (Phi) is 4.20. The molecule has 3 heterocycles. The number of aromatic nitrogens is 3. The maximum absolute atomic E-state index is 9.26. The van der Waals surface area contributed by atoms with Gasteiger partial charge in [-0.25, -0.2) is 0 Å². The molecular formula is C17H22N6. The summed E-state index contributed by atoms with van der Waals surface area (Å²) in [4.78, 5) is 6.56. The van der Waals surface area contributed by atoms with Crippen molar-refractivity contribution in [3.8, 4) is 6.07 Å². The molecule has 1 aliphatic heterocycles. The van der Waals surface area contributed by atoms with E-state index in [1.54, 1.807) is 6.20 Å². The predicted molar refractivity (Wildman–Crippen MR) is 90.5 cm³/mol. The van der Waals surface area contributed by atoms with Crippen molar-refractivity contribution in [1.29, 1.82) is 5.26 Å². The Morgan fingerprint density at radius 3 is 2.83 bits per heavy atom. The minimum absolute atomic E-state index is 0.313. The van der Waals surface area contributed by atoms with Crippen LogP contribution in [-0.2, 0) is 7.05 Å². The summed E-state index contributed by atoms with van der Waals surface area (Å²) < 4.78 is 1.94. The van der Waals surface area contributed by atoms with Crippen molar-refractivity contribution in [1.82, 2.24) is 14.8 Å². The molecule has 0 saturated carbocycles. The molecule has 120 valence electrons. The first-order valence-electron chi connectivity index (χ1n) is 7.95. The highest BCUT2D eigenvalue weighted by Gasteiger charge is 2.23. The second-order valence-electron chi connectivity index (χ2n) is 6.18. The van der Waals surface area contributed by atoms with E-state index in [2.05, 4.69) is 32.4 Å². The van der Waals surface area contributed by atoms with Gasteiger partial charge in [0.1, 0.15) is 11.9 Å². The van der Waals surface area contributed by atoms with Crippen molar-refractivity contribution >= 4 is 11.5 Å². The lowest BCUT2D eigenvalue weighted by atomic mass is 10.0. The first-order chi connectivity index (χ1) is 11.1. The third kappa shape index (κ3) is 3.29. The number of nitrogens with zero attached hydrogens (tertiary/aromatic N) is 5. The van der Waals surface area contributed by atoms with Crippen LogP contribution >= 0.6 is 0 Å². The molecule has 6 nitrogen and oxygen atoms in total. The van der Waals surface area contributed by atoms with Crippen LogP contribution in [0.1, 0.15) is 29.8 Å². The van der Waals surface area contributed by atoms with Crippen LogP contribution in [-0.4, -0.2) is 33.9 Å². The highest BCUT2D eigenvalue weighted by Crippen LogP contribution is 2.23. The molecule has 1 fully saturated rings. The molecule has 2 aromatic heterocycles. The highest BCUT2D eigenvalue weighted by molar-refractivity contribution is 5.58. The van der Waals surface area contributed by atoms with Gasteiger partial charge in [0.2, 0.25) is 0 Å². The van der Waals surface area contributed by atoms with Crippen LogP contribution in [0, 0.1) is 25.2 Å². The molecule has 23 heavy (non-hydrogen) atoms. The topological polar surface area (TPSA) is 69.8 Å². The van der Waals surface area contributed by atoms with E-state index >= 15 is 0 Å². The van der Waals surface area contributed by atoms with Crippen LogP contribution in [0.3, 0.4) is 0 Å². The molecule has 6 heteroatoms. The molecule has 0 aliphatic carbocycles. The fourth-order valence-electron chi connectivity index (χ4n) is 3.18.